The summed E-state index contributed by atoms with van der Waals surface area (Å²) in [5, 5.41) is 0. The van der Waals surface area contributed by atoms with Gasteiger partial charge < -0.3 is 9.05 Å². The fraction of sp³-hybridized carbons (Fsp3) is 0.364. The molecule has 0 unspecified atom stereocenters. The first-order valence-electron chi connectivity index (χ1n) is 4.96. The smallest absolute Gasteiger partial charge is 0.307 e. The largest absolute Gasteiger partial charge is 0.396 e. The quantitative estimate of drug-likeness (QED) is 0.778. The molecule has 4 nitrogen and oxygen atoms in total. The second-order valence-corrected chi connectivity index (χ2v) is 6.56. The topological polar surface area (TPSA) is 52.6 Å². The maximum Gasteiger partial charge on any atom is 0.396 e. The maximum atomic E-state index is 12.0. The first-order valence-corrected chi connectivity index (χ1v) is 7.29. The molecule has 17 heavy (non-hydrogen) atoms. The Labute approximate surface area is 109 Å². The number of hydrogen-bond donors (Lipinski definition) is 0. The van der Waals surface area contributed by atoms with Crippen LogP contribution in [0.1, 0.15) is 18.4 Å². The normalized spacial score (nSPS) is 13.4. The molecular formula is C11H14BrO4P. The minimum Gasteiger partial charge on any atom is -0.307 e. The molecular weight excluding hydrogens is 307 g/mol. The summed E-state index contributed by atoms with van der Waals surface area (Å²) in [6.45, 7) is 1.68. The van der Waals surface area contributed by atoms with E-state index in [9.17, 15) is 9.36 Å². The predicted molar refractivity (Wildman–Crippen MR) is 69.2 cm³/mol. The molecule has 0 amide bonds. The molecule has 0 spiro atoms. The molecule has 0 bridgehead atoms. The molecule has 1 aromatic carbocycles. The molecule has 1 aromatic rings. The number of rotatable bonds is 5. The van der Waals surface area contributed by atoms with Gasteiger partial charge in [0, 0.05) is 18.7 Å². The van der Waals surface area contributed by atoms with Crippen molar-refractivity contribution < 1.29 is 18.4 Å². The third-order valence-corrected chi connectivity index (χ3v) is 4.91. The van der Waals surface area contributed by atoms with Crippen molar-refractivity contribution in [1.82, 2.24) is 0 Å². The highest BCUT2D eigenvalue weighted by Crippen LogP contribution is 2.51. The Kier molecular flexibility index (Phi) is 5.07. The van der Waals surface area contributed by atoms with Crippen molar-refractivity contribution in [1.29, 1.82) is 0 Å². The lowest BCUT2D eigenvalue weighted by Gasteiger charge is -2.17. The van der Waals surface area contributed by atoms with Crippen molar-refractivity contribution >= 4 is 29.1 Å². The summed E-state index contributed by atoms with van der Waals surface area (Å²) in [5.41, 5.74) is 0.234. The van der Waals surface area contributed by atoms with Crippen molar-refractivity contribution in [3.63, 3.8) is 0 Å². The average Bonchev–Trinajstić information content (AvgIpc) is 2.37. The molecule has 0 N–H and O–H groups in total. The van der Waals surface area contributed by atoms with Gasteiger partial charge >= 0.3 is 7.60 Å². The van der Waals surface area contributed by atoms with Crippen LogP contribution in [-0.2, 0) is 18.4 Å². The van der Waals surface area contributed by atoms with Gasteiger partial charge in [0.2, 0.25) is 0 Å². The Morgan fingerprint density at radius 3 is 2.12 bits per heavy atom. The van der Waals surface area contributed by atoms with E-state index in [4.69, 9.17) is 0 Å². The molecule has 0 aromatic heterocycles. The molecule has 0 aliphatic carbocycles. The van der Waals surface area contributed by atoms with Crippen molar-refractivity contribution in [2.24, 2.45) is 0 Å². The standard InChI is InChI=1S/C11H14BrO4P/c1-8(9-4-6-10(12)7-5-9)11(13)17(14,15-2)16-3/h4-8H,1-3H3/t8-/m1/s1. The lowest BCUT2D eigenvalue weighted by atomic mass is 10.0. The van der Waals surface area contributed by atoms with Gasteiger partial charge in [0.05, 0.1) is 5.92 Å². The van der Waals surface area contributed by atoms with E-state index in [1.807, 2.05) is 12.1 Å². The minimum absolute atomic E-state index is 0.533. The zero-order valence-electron chi connectivity index (χ0n) is 9.84. The zero-order valence-corrected chi connectivity index (χ0v) is 12.3. The van der Waals surface area contributed by atoms with E-state index in [2.05, 4.69) is 25.0 Å². The molecule has 0 heterocycles. The molecule has 1 atom stereocenters. The SMILES string of the molecule is COP(=O)(OC)C(=O)[C@H](C)c1ccc(Br)cc1. The molecule has 1 rings (SSSR count). The Morgan fingerprint density at radius 2 is 1.71 bits per heavy atom. The first kappa shape index (κ1) is 14.6. The maximum absolute atomic E-state index is 12.0. The third-order valence-electron chi connectivity index (χ3n) is 2.49. The number of carbonyl (C=O) groups excluding carboxylic acids is 1. The summed E-state index contributed by atoms with van der Waals surface area (Å²) in [6, 6.07) is 7.23. The predicted octanol–water partition coefficient (Wildman–Crippen LogP) is 3.57. The lowest BCUT2D eigenvalue weighted by molar-refractivity contribution is -0.114. The van der Waals surface area contributed by atoms with Gasteiger partial charge in [-0.15, -0.1) is 0 Å². The Balaban J connectivity index is 2.97. The van der Waals surface area contributed by atoms with Crippen molar-refractivity contribution in [3.8, 4) is 0 Å². The van der Waals surface area contributed by atoms with Crippen molar-refractivity contribution in [2.75, 3.05) is 14.2 Å². The molecule has 0 radical (unpaired) electrons. The summed E-state index contributed by atoms with van der Waals surface area (Å²) in [4.78, 5) is 12.0. The Hall–Kier alpha value is -0.480. The third kappa shape index (κ3) is 3.26. The van der Waals surface area contributed by atoms with E-state index in [0.29, 0.717) is 0 Å². The van der Waals surface area contributed by atoms with Crippen LogP contribution in [0.2, 0.25) is 0 Å². The molecule has 0 aliphatic rings. The van der Waals surface area contributed by atoms with Gasteiger partial charge in [0.15, 0.2) is 0 Å². The summed E-state index contributed by atoms with van der Waals surface area (Å²) < 4.78 is 22.2. The first-order chi connectivity index (χ1) is 7.94. The van der Waals surface area contributed by atoms with Gasteiger partial charge in [-0.25, -0.2) is 0 Å². The van der Waals surface area contributed by atoms with Crippen LogP contribution in [0.4, 0.5) is 0 Å². The van der Waals surface area contributed by atoms with Crippen LogP contribution < -0.4 is 0 Å². The Morgan fingerprint density at radius 1 is 1.24 bits per heavy atom. The molecule has 0 aliphatic heterocycles. The molecule has 0 saturated carbocycles. The highest BCUT2D eigenvalue weighted by Gasteiger charge is 2.36. The van der Waals surface area contributed by atoms with Crippen LogP contribution in [0.25, 0.3) is 0 Å². The minimum atomic E-state index is -3.66. The van der Waals surface area contributed by atoms with E-state index in [0.717, 1.165) is 10.0 Å². The number of carbonyl (C=O) groups is 1. The van der Waals surface area contributed by atoms with Gasteiger partial charge in [-0.3, -0.25) is 9.36 Å². The van der Waals surface area contributed by atoms with Crippen molar-refractivity contribution in [3.05, 3.63) is 34.3 Å². The van der Waals surface area contributed by atoms with Crippen LogP contribution >= 0.6 is 23.5 Å². The highest BCUT2D eigenvalue weighted by atomic mass is 79.9. The van der Waals surface area contributed by atoms with Crippen LogP contribution in [0, 0.1) is 0 Å². The van der Waals surface area contributed by atoms with E-state index in [1.54, 1.807) is 19.1 Å². The van der Waals surface area contributed by atoms with Crippen LogP contribution in [0.3, 0.4) is 0 Å². The van der Waals surface area contributed by atoms with Gasteiger partial charge in [-0.1, -0.05) is 35.0 Å². The number of halogens is 1. The Bertz CT molecular complexity index is 435. The molecule has 0 saturated heterocycles. The van der Waals surface area contributed by atoms with E-state index >= 15 is 0 Å². The van der Waals surface area contributed by atoms with Gasteiger partial charge in [-0.2, -0.15) is 0 Å². The second-order valence-electron chi connectivity index (χ2n) is 3.47. The van der Waals surface area contributed by atoms with Gasteiger partial charge in [0.25, 0.3) is 5.52 Å². The van der Waals surface area contributed by atoms with Crippen LogP contribution in [0.15, 0.2) is 28.7 Å². The molecule has 0 fully saturated rings. The van der Waals surface area contributed by atoms with Crippen molar-refractivity contribution in [2.45, 2.75) is 12.8 Å². The van der Waals surface area contributed by atoms with E-state index in [-0.39, 0.29) is 0 Å². The van der Waals surface area contributed by atoms with Crippen LogP contribution in [0.5, 0.6) is 0 Å². The highest BCUT2D eigenvalue weighted by molar-refractivity contribution is 9.10. The molecule has 94 valence electrons. The van der Waals surface area contributed by atoms with E-state index in [1.165, 1.54) is 14.2 Å². The number of hydrogen-bond acceptors (Lipinski definition) is 4. The number of benzene rings is 1. The van der Waals surface area contributed by atoms with Crippen LogP contribution in [-0.4, -0.2) is 19.7 Å². The second kappa shape index (κ2) is 5.91. The fourth-order valence-corrected chi connectivity index (χ4v) is 2.78. The summed E-state index contributed by atoms with van der Waals surface area (Å²) in [6.07, 6.45) is 0. The zero-order chi connectivity index (χ0) is 13.1. The average molecular weight is 321 g/mol. The van der Waals surface area contributed by atoms with Gasteiger partial charge in [0.1, 0.15) is 0 Å². The summed E-state index contributed by atoms with van der Waals surface area (Å²) >= 11 is 3.31. The summed E-state index contributed by atoms with van der Waals surface area (Å²) in [7, 11) is -1.25. The van der Waals surface area contributed by atoms with E-state index < -0.39 is 19.0 Å². The molecule has 6 heteroatoms. The monoisotopic (exact) mass is 320 g/mol. The lowest BCUT2D eigenvalue weighted by Crippen LogP contribution is -2.11. The van der Waals surface area contributed by atoms with Gasteiger partial charge in [-0.05, 0) is 17.7 Å². The fourth-order valence-electron chi connectivity index (χ4n) is 1.39. The summed E-state index contributed by atoms with van der Waals surface area (Å²) in [5.74, 6) is -0.533.